The van der Waals surface area contributed by atoms with Gasteiger partial charge < -0.3 is 9.47 Å². The lowest BCUT2D eigenvalue weighted by molar-refractivity contribution is -0.154. The van der Waals surface area contributed by atoms with E-state index in [2.05, 4.69) is 4.74 Å². The van der Waals surface area contributed by atoms with Crippen LogP contribution in [0.4, 0.5) is 4.79 Å². The molecule has 2 amide bonds. The summed E-state index contributed by atoms with van der Waals surface area (Å²) in [5, 5.41) is 1.89. The minimum Gasteiger partial charge on any atom is -0.453 e. The van der Waals surface area contributed by atoms with E-state index >= 15 is 0 Å². The van der Waals surface area contributed by atoms with Crippen LogP contribution in [0.3, 0.4) is 0 Å². The molecule has 0 saturated heterocycles. The molecule has 1 rings (SSSR count). The first-order chi connectivity index (χ1) is 10.7. The Morgan fingerprint density at radius 1 is 1.22 bits per heavy atom. The van der Waals surface area contributed by atoms with E-state index in [4.69, 9.17) is 4.74 Å². The molecule has 126 valence electrons. The van der Waals surface area contributed by atoms with Gasteiger partial charge in [0.2, 0.25) is 0 Å². The molecule has 0 saturated carbocycles. The smallest absolute Gasteiger partial charge is 0.413 e. The summed E-state index contributed by atoms with van der Waals surface area (Å²) in [4.78, 5) is 48.0. The number of carbonyl (C=O) groups is 4. The molecule has 1 aromatic heterocycles. The Kier molecular flexibility index (Phi) is 6.89. The number of aryl methyl sites for hydroxylation is 2. The van der Waals surface area contributed by atoms with Gasteiger partial charge >= 0.3 is 12.1 Å². The van der Waals surface area contributed by atoms with E-state index in [1.165, 1.54) is 18.3 Å². The van der Waals surface area contributed by atoms with Crippen LogP contribution in [-0.2, 0) is 19.1 Å². The largest absolute Gasteiger partial charge is 0.453 e. The number of methoxy groups -OCH3 is 1. The minimum atomic E-state index is -1.15. The number of carbonyl (C=O) groups excluding carboxylic acids is 4. The monoisotopic (exact) mass is 341 g/mol. The molecule has 0 bridgehead atoms. The molecule has 0 aliphatic rings. The lowest BCUT2D eigenvalue weighted by Gasteiger charge is -2.12. The van der Waals surface area contributed by atoms with Crippen LogP contribution in [0.1, 0.15) is 39.9 Å². The molecule has 1 heterocycles. The van der Waals surface area contributed by atoms with Gasteiger partial charge in [-0.05, 0) is 26.8 Å². The summed E-state index contributed by atoms with van der Waals surface area (Å²) in [6, 6.07) is 1.79. The number of amides is 2. The average molecular weight is 341 g/mol. The van der Waals surface area contributed by atoms with Gasteiger partial charge in [0.05, 0.1) is 13.5 Å². The highest BCUT2D eigenvalue weighted by Gasteiger charge is 2.21. The summed E-state index contributed by atoms with van der Waals surface area (Å²) in [5.41, 5.74) is 0.608. The summed E-state index contributed by atoms with van der Waals surface area (Å²) in [6.45, 7) is 5.08. The molecule has 0 fully saturated rings. The summed E-state index contributed by atoms with van der Waals surface area (Å²) >= 11 is 1.52. The van der Waals surface area contributed by atoms with Crippen LogP contribution in [0.5, 0.6) is 0 Å². The molecule has 0 radical (unpaired) electrons. The van der Waals surface area contributed by atoms with Crippen LogP contribution >= 0.6 is 11.3 Å². The first-order valence-corrected chi connectivity index (χ1v) is 7.74. The maximum Gasteiger partial charge on any atom is 0.413 e. The highest BCUT2D eigenvalue weighted by molar-refractivity contribution is 7.12. The van der Waals surface area contributed by atoms with Crippen molar-refractivity contribution in [2.75, 3.05) is 7.11 Å². The number of nitrogens with one attached hydrogen (secondary N) is 1. The second kappa shape index (κ2) is 8.42. The van der Waals surface area contributed by atoms with Crippen LogP contribution in [-0.4, -0.2) is 37.0 Å². The number of rotatable bonds is 6. The van der Waals surface area contributed by atoms with Crippen LogP contribution in [0.25, 0.3) is 0 Å². The van der Waals surface area contributed by atoms with E-state index in [0.29, 0.717) is 5.56 Å². The number of esters is 1. The van der Waals surface area contributed by atoms with Gasteiger partial charge in [0.25, 0.3) is 5.91 Å². The molecule has 1 N–H and O–H groups in total. The predicted octanol–water partition coefficient (Wildman–Crippen LogP) is 2.14. The van der Waals surface area contributed by atoms with E-state index in [-0.39, 0.29) is 18.6 Å². The minimum absolute atomic E-state index is 0.00118. The molecule has 1 aromatic rings. The fourth-order valence-electron chi connectivity index (χ4n) is 1.82. The number of ether oxygens (including phenoxy) is 2. The summed E-state index contributed by atoms with van der Waals surface area (Å²) in [6.07, 6.45) is -2.22. The molecule has 0 spiro atoms. The van der Waals surface area contributed by atoms with Crippen LogP contribution < -0.4 is 5.32 Å². The summed E-state index contributed by atoms with van der Waals surface area (Å²) in [5.74, 6) is -1.62. The van der Waals surface area contributed by atoms with E-state index in [0.717, 1.165) is 16.9 Å². The molecule has 23 heavy (non-hydrogen) atoms. The van der Waals surface area contributed by atoms with Gasteiger partial charge in [0.1, 0.15) is 0 Å². The summed E-state index contributed by atoms with van der Waals surface area (Å²) in [7, 11) is 1.11. The third kappa shape index (κ3) is 5.82. The normalized spacial score (nSPS) is 11.5. The van der Waals surface area contributed by atoms with Crippen molar-refractivity contribution in [3.63, 3.8) is 0 Å². The number of imide groups is 1. The standard InChI is InChI=1S/C15H19NO6S/c1-8-7-11(10(3)23-8)12(17)5-6-13(18)22-9(2)14(19)16-15(20)21-4/h7,9H,5-6H2,1-4H3,(H,16,19,20)/t9-/m0/s1. The highest BCUT2D eigenvalue weighted by atomic mass is 32.1. The Hall–Kier alpha value is -2.22. The zero-order valence-electron chi connectivity index (χ0n) is 13.4. The fraction of sp³-hybridized carbons (Fsp3) is 0.467. The topological polar surface area (TPSA) is 98.8 Å². The van der Waals surface area contributed by atoms with E-state index in [1.54, 1.807) is 6.07 Å². The zero-order chi connectivity index (χ0) is 17.6. The lowest BCUT2D eigenvalue weighted by Crippen LogP contribution is -2.39. The molecular formula is C15H19NO6S. The molecule has 8 heteroatoms. The van der Waals surface area contributed by atoms with Crippen molar-refractivity contribution >= 4 is 35.1 Å². The first kappa shape index (κ1) is 18.8. The Labute approximate surface area is 138 Å². The molecule has 1 atom stereocenters. The van der Waals surface area contributed by atoms with E-state index in [9.17, 15) is 19.2 Å². The van der Waals surface area contributed by atoms with Gasteiger partial charge in [0, 0.05) is 21.7 Å². The molecule has 7 nitrogen and oxygen atoms in total. The molecule has 0 aromatic carbocycles. The second-order valence-electron chi connectivity index (χ2n) is 4.86. The Balaban J connectivity index is 2.45. The van der Waals surface area contributed by atoms with Crippen molar-refractivity contribution in [2.24, 2.45) is 0 Å². The van der Waals surface area contributed by atoms with Crippen molar-refractivity contribution < 1.29 is 28.7 Å². The number of Topliss-reactive ketones (excluding diaryl/α,β-unsaturated/α-hetero) is 1. The molecular weight excluding hydrogens is 322 g/mol. The van der Waals surface area contributed by atoms with Gasteiger partial charge in [-0.15, -0.1) is 11.3 Å². The van der Waals surface area contributed by atoms with Crippen molar-refractivity contribution in [1.29, 1.82) is 0 Å². The number of alkyl carbamates (subject to hydrolysis) is 1. The van der Waals surface area contributed by atoms with Crippen LogP contribution in [0, 0.1) is 13.8 Å². The van der Waals surface area contributed by atoms with Gasteiger partial charge in [-0.1, -0.05) is 0 Å². The zero-order valence-corrected chi connectivity index (χ0v) is 14.2. The fourth-order valence-corrected chi connectivity index (χ4v) is 2.76. The van der Waals surface area contributed by atoms with Crippen molar-refractivity contribution in [2.45, 2.75) is 39.7 Å². The van der Waals surface area contributed by atoms with Crippen molar-refractivity contribution in [3.05, 3.63) is 21.4 Å². The molecule has 0 aliphatic heterocycles. The van der Waals surface area contributed by atoms with Gasteiger partial charge in [0.15, 0.2) is 11.9 Å². The van der Waals surface area contributed by atoms with Gasteiger partial charge in [-0.2, -0.15) is 0 Å². The highest BCUT2D eigenvalue weighted by Crippen LogP contribution is 2.22. The van der Waals surface area contributed by atoms with Gasteiger partial charge in [-0.25, -0.2) is 4.79 Å². The third-order valence-corrected chi connectivity index (χ3v) is 3.95. The average Bonchev–Trinajstić information content (AvgIpc) is 2.83. The van der Waals surface area contributed by atoms with E-state index < -0.39 is 24.1 Å². The van der Waals surface area contributed by atoms with Crippen molar-refractivity contribution in [3.8, 4) is 0 Å². The predicted molar refractivity (Wildman–Crippen MR) is 83.5 cm³/mol. The number of ketones is 1. The van der Waals surface area contributed by atoms with Crippen molar-refractivity contribution in [1.82, 2.24) is 5.32 Å². The van der Waals surface area contributed by atoms with Gasteiger partial charge in [-0.3, -0.25) is 19.7 Å². The van der Waals surface area contributed by atoms with E-state index in [1.807, 2.05) is 19.2 Å². The Morgan fingerprint density at radius 2 is 1.87 bits per heavy atom. The maximum atomic E-state index is 12.0. The first-order valence-electron chi connectivity index (χ1n) is 6.93. The summed E-state index contributed by atoms with van der Waals surface area (Å²) < 4.78 is 9.13. The third-order valence-electron chi connectivity index (χ3n) is 2.99. The molecule has 0 aliphatic carbocycles. The quantitative estimate of drug-likeness (QED) is 0.629. The Morgan fingerprint density at radius 3 is 2.39 bits per heavy atom. The van der Waals surface area contributed by atoms with Crippen LogP contribution in [0.15, 0.2) is 6.07 Å². The SMILES string of the molecule is COC(=O)NC(=O)[C@H](C)OC(=O)CCC(=O)c1cc(C)sc1C. The Bertz CT molecular complexity index is 621. The number of hydrogen-bond acceptors (Lipinski definition) is 7. The maximum absolute atomic E-state index is 12.0. The number of thiophene rings is 1. The molecule has 0 unspecified atom stereocenters. The number of hydrogen-bond donors (Lipinski definition) is 1. The lowest BCUT2D eigenvalue weighted by atomic mass is 10.1. The second-order valence-corrected chi connectivity index (χ2v) is 6.32. The van der Waals surface area contributed by atoms with Crippen LogP contribution in [0.2, 0.25) is 0 Å².